The van der Waals surface area contributed by atoms with Crippen molar-refractivity contribution < 1.29 is 15.0 Å². The minimum atomic E-state index is -1.17. The van der Waals surface area contributed by atoms with E-state index in [-0.39, 0.29) is 0 Å². The van der Waals surface area contributed by atoms with Gasteiger partial charge in [0.2, 0.25) is 0 Å². The highest BCUT2D eigenvalue weighted by Crippen LogP contribution is 1.99. The molecule has 4 N–H and O–H groups in total. The first kappa shape index (κ1) is 9.74. The van der Waals surface area contributed by atoms with E-state index in [2.05, 4.69) is 0 Å². The number of thioether (sulfide) groups is 1. The lowest BCUT2D eigenvalue weighted by Crippen LogP contribution is -2.43. The number of aliphatic hydroxyl groups is 1. The SMILES string of the molecule is CSCC(O)C(N)C(=O)O. The van der Waals surface area contributed by atoms with Gasteiger partial charge in [-0.1, -0.05) is 0 Å². The van der Waals surface area contributed by atoms with Crippen molar-refractivity contribution in [1.82, 2.24) is 0 Å². The fourth-order valence-corrected chi connectivity index (χ4v) is 0.988. The van der Waals surface area contributed by atoms with Crippen molar-refractivity contribution in [3.63, 3.8) is 0 Å². The third kappa shape index (κ3) is 3.05. The smallest absolute Gasteiger partial charge is 0.323 e. The number of carbonyl (C=O) groups is 1. The van der Waals surface area contributed by atoms with Crippen LogP contribution in [0.3, 0.4) is 0 Å². The maximum absolute atomic E-state index is 10.1. The Hall–Kier alpha value is -0.260. The van der Waals surface area contributed by atoms with E-state index in [1.165, 1.54) is 11.8 Å². The van der Waals surface area contributed by atoms with Crippen molar-refractivity contribution in [2.75, 3.05) is 12.0 Å². The summed E-state index contributed by atoms with van der Waals surface area (Å²) in [7, 11) is 0. The van der Waals surface area contributed by atoms with E-state index in [1.54, 1.807) is 6.26 Å². The predicted octanol–water partition coefficient (Wildman–Crippen LogP) is -0.878. The molecule has 0 aromatic rings. The number of hydrogen-bond acceptors (Lipinski definition) is 4. The molecular weight excluding hydrogens is 154 g/mol. The van der Waals surface area contributed by atoms with Crippen LogP contribution in [-0.2, 0) is 4.79 Å². The summed E-state index contributed by atoms with van der Waals surface area (Å²) in [5.74, 6) is -0.811. The summed E-state index contributed by atoms with van der Waals surface area (Å²) in [6, 6.07) is -1.16. The van der Waals surface area contributed by atoms with E-state index < -0.39 is 18.1 Å². The molecule has 0 aliphatic carbocycles. The monoisotopic (exact) mass is 165 g/mol. The molecule has 0 aromatic heterocycles. The summed E-state index contributed by atoms with van der Waals surface area (Å²) < 4.78 is 0. The zero-order valence-corrected chi connectivity index (χ0v) is 6.47. The Bertz CT molecular complexity index is 119. The number of hydrogen-bond donors (Lipinski definition) is 3. The molecule has 0 saturated heterocycles. The largest absolute Gasteiger partial charge is 0.480 e. The van der Waals surface area contributed by atoms with Gasteiger partial charge < -0.3 is 15.9 Å². The third-order valence-corrected chi connectivity index (χ3v) is 1.71. The van der Waals surface area contributed by atoms with Crippen LogP contribution in [0.2, 0.25) is 0 Å². The maximum Gasteiger partial charge on any atom is 0.323 e. The fraction of sp³-hybridized carbons (Fsp3) is 0.800. The predicted molar refractivity (Wildman–Crippen MR) is 40.0 cm³/mol. The summed E-state index contributed by atoms with van der Waals surface area (Å²) in [5, 5.41) is 17.2. The van der Waals surface area contributed by atoms with Crippen LogP contribution in [0.15, 0.2) is 0 Å². The van der Waals surface area contributed by atoms with Crippen molar-refractivity contribution in [3.8, 4) is 0 Å². The summed E-state index contributed by atoms with van der Waals surface area (Å²) in [6.07, 6.45) is 0.824. The second-order valence-electron chi connectivity index (χ2n) is 1.89. The number of aliphatic hydroxyl groups excluding tert-OH is 1. The van der Waals surface area contributed by atoms with E-state index in [4.69, 9.17) is 15.9 Å². The normalized spacial score (nSPS) is 16.3. The van der Waals surface area contributed by atoms with E-state index in [9.17, 15) is 4.79 Å². The second kappa shape index (κ2) is 4.54. The van der Waals surface area contributed by atoms with Crippen LogP contribution in [0.25, 0.3) is 0 Å². The molecule has 0 amide bonds. The molecule has 0 aliphatic rings. The van der Waals surface area contributed by atoms with Gasteiger partial charge in [0, 0.05) is 5.75 Å². The zero-order valence-electron chi connectivity index (χ0n) is 5.65. The molecule has 0 radical (unpaired) electrons. The van der Waals surface area contributed by atoms with Crippen LogP contribution in [0.1, 0.15) is 0 Å². The van der Waals surface area contributed by atoms with Crippen molar-refractivity contribution in [1.29, 1.82) is 0 Å². The first-order valence-electron chi connectivity index (χ1n) is 2.75. The molecule has 0 aromatic carbocycles. The van der Waals surface area contributed by atoms with Gasteiger partial charge in [-0.05, 0) is 6.26 Å². The Kier molecular flexibility index (Phi) is 4.42. The Morgan fingerprint density at radius 2 is 2.30 bits per heavy atom. The van der Waals surface area contributed by atoms with Crippen LogP contribution in [0, 0.1) is 0 Å². The second-order valence-corrected chi connectivity index (χ2v) is 2.80. The molecule has 10 heavy (non-hydrogen) atoms. The number of aliphatic carboxylic acids is 1. The molecule has 0 heterocycles. The van der Waals surface area contributed by atoms with Gasteiger partial charge in [-0.15, -0.1) is 0 Å². The molecule has 0 aliphatic heterocycles. The van der Waals surface area contributed by atoms with Crippen molar-refractivity contribution in [2.45, 2.75) is 12.1 Å². The summed E-state index contributed by atoms with van der Waals surface area (Å²) in [6.45, 7) is 0. The Morgan fingerprint density at radius 1 is 1.80 bits per heavy atom. The highest BCUT2D eigenvalue weighted by Gasteiger charge is 2.20. The Balaban J connectivity index is 3.69. The van der Waals surface area contributed by atoms with E-state index in [1.807, 2.05) is 0 Å². The molecule has 2 atom stereocenters. The van der Waals surface area contributed by atoms with E-state index >= 15 is 0 Å². The Labute approximate surface area is 63.4 Å². The standard InChI is InChI=1S/C5H11NO3S/c1-10-2-3(7)4(6)5(8)9/h3-4,7H,2,6H2,1H3,(H,8,9). The summed E-state index contributed by atoms with van der Waals surface area (Å²) in [5.41, 5.74) is 5.08. The molecule has 0 spiro atoms. The molecule has 60 valence electrons. The average Bonchev–Trinajstić information content (AvgIpc) is 1.87. The first-order valence-corrected chi connectivity index (χ1v) is 4.14. The van der Waals surface area contributed by atoms with Gasteiger partial charge in [-0.3, -0.25) is 4.79 Å². The number of carboxylic acids is 1. The fourth-order valence-electron chi connectivity index (χ4n) is 0.439. The van der Waals surface area contributed by atoms with Gasteiger partial charge in [-0.25, -0.2) is 0 Å². The highest BCUT2D eigenvalue weighted by molar-refractivity contribution is 7.98. The molecular formula is C5H11NO3S. The van der Waals surface area contributed by atoms with Gasteiger partial charge in [0.15, 0.2) is 0 Å². The number of nitrogens with two attached hydrogens (primary N) is 1. The molecule has 0 bridgehead atoms. The first-order chi connectivity index (χ1) is 4.59. The quantitative estimate of drug-likeness (QED) is 0.504. The molecule has 4 nitrogen and oxygen atoms in total. The van der Waals surface area contributed by atoms with Crippen molar-refractivity contribution in [2.24, 2.45) is 5.73 Å². The minimum absolute atomic E-state index is 0.355. The van der Waals surface area contributed by atoms with Crippen LogP contribution < -0.4 is 5.73 Å². The highest BCUT2D eigenvalue weighted by atomic mass is 32.2. The van der Waals surface area contributed by atoms with Crippen molar-refractivity contribution >= 4 is 17.7 Å². The number of rotatable bonds is 4. The van der Waals surface area contributed by atoms with Crippen LogP contribution in [-0.4, -0.2) is 40.3 Å². The molecule has 5 heteroatoms. The molecule has 0 rings (SSSR count). The molecule has 0 fully saturated rings. The topological polar surface area (TPSA) is 83.5 Å². The van der Waals surface area contributed by atoms with E-state index in [0.717, 1.165) is 0 Å². The average molecular weight is 165 g/mol. The lowest BCUT2D eigenvalue weighted by atomic mass is 10.2. The summed E-state index contributed by atoms with van der Waals surface area (Å²) in [4.78, 5) is 10.1. The van der Waals surface area contributed by atoms with Crippen LogP contribution in [0.5, 0.6) is 0 Å². The van der Waals surface area contributed by atoms with Crippen molar-refractivity contribution in [3.05, 3.63) is 0 Å². The van der Waals surface area contributed by atoms with Crippen LogP contribution in [0.4, 0.5) is 0 Å². The lowest BCUT2D eigenvalue weighted by Gasteiger charge is -2.12. The van der Waals surface area contributed by atoms with Crippen LogP contribution >= 0.6 is 11.8 Å². The van der Waals surface area contributed by atoms with Gasteiger partial charge in [0.1, 0.15) is 6.04 Å². The summed E-state index contributed by atoms with van der Waals surface area (Å²) >= 11 is 1.36. The maximum atomic E-state index is 10.1. The van der Waals surface area contributed by atoms with Gasteiger partial charge in [-0.2, -0.15) is 11.8 Å². The zero-order chi connectivity index (χ0) is 8.15. The number of carboxylic acid groups (broad SMARTS) is 1. The Morgan fingerprint density at radius 3 is 2.60 bits per heavy atom. The minimum Gasteiger partial charge on any atom is -0.480 e. The lowest BCUT2D eigenvalue weighted by molar-refractivity contribution is -0.140. The van der Waals surface area contributed by atoms with E-state index in [0.29, 0.717) is 5.75 Å². The van der Waals surface area contributed by atoms with Gasteiger partial charge in [0.05, 0.1) is 6.10 Å². The van der Waals surface area contributed by atoms with Gasteiger partial charge >= 0.3 is 5.97 Å². The molecule has 2 unspecified atom stereocenters. The third-order valence-electron chi connectivity index (χ3n) is 1.04. The van der Waals surface area contributed by atoms with Gasteiger partial charge in [0.25, 0.3) is 0 Å². The molecule has 0 saturated carbocycles.